The van der Waals surface area contributed by atoms with E-state index in [1.807, 2.05) is 23.9 Å². The molecule has 2 aromatic heterocycles. The Labute approximate surface area is 304 Å². The van der Waals surface area contributed by atoms with Crippen LogP contribution in [0.1, 0.15) is 33.4 Å². The van der Waals surface area contributed by atoms with Crippen molar-refractivity contribution in [2.24, 2.45) is 0 Å². The fraction of sp³-hybridized carbons (Fsp3) is 0.0638. The summed E-state index contributed by atoms with van der Waals surface area (Å²) in [7, 11) is 0. The summed E-state index contributed by atoms with van der Waals surface area (Å²) in [6.45, 7) is 4.14. The summed E-state index contributed by atoms with van der Waals surface area (Å²) in [6.07, 6.45) is 0. The molecule has 1 aliphatic heterocycles. The molecule has 5 heteroatoms. The molecule has 0 N–H and O–H groups in total. The van der Waals surface area contributed by atoms with E-state index >= 15 is 0 Å². The van der Waals surface area contributed by atoms with E-state index < -0.39 is 5.41 Å². The van der Waals surface area contributed by atoms with Gasteiger partial charge < -0.3 is 8.83 Å². The molecule has 0 unspecified atom stereocenters. The Balaban J connectivity index is 1.14. The van der Waals surface area contributed by atoms with Crippen molar-refractivity contribution in [3.8, 4) is 45.2 Å². The van der Waals surface area contributed by atoms with Gasteiger partial charge >= 0.3 is 0 Å². The monoisotopic (exact) mass is 686 g/mol. The lowest BCUT2D eigenvalue weighted by Crippen LogP contribution is -2.31. The Kier molecular flexibility index (Phi) is 6.20. The summed E-state index contributed by atoms with van der Waals surface area (Å²) in [5.74, 6) is 1.13. The van der Waals surface area contributed by atoms with Crippen LogP contribution in [0.15, 0.2) is 164 Å². The van der Waals surface area contributed by atoms with Gasteiger partial charge in [-0.25, -0.2) is 9.97 Å². The largest absolute Gasteiger partial charge is 0.436 e. The average Bonchev–Trinajstić information content (AvgIpc) is 3.88. The van der Waals surface area contributed by atoms with Crippen molar-refractivity contribution in [3.05, 3.63) is 179 Å². The second kappa shape index (κ2) is 10.9. The van der Waals surface area contributed by atoms with Crippen molar-refractivity contribution in [1.82, 2.24) is 9.97 Å². The molecule has 7 aromatic carbocycles. The molecule has 11 rings (SSSR count). The molecule has 0 amide bonds. The third-order valence-corrected chi connectivity index (χ3v) is 11.8. The number of hydrogen-bond donors (Lipinski definition) is 0. The summed E-state index contributed by atoms with van der Waals surface area (Å²) < 4.78 is 12.7. The van der Waals surface area contributed by atoms with Gasteiger partial charge in [0.15, 0.2) is 11.2 Å². The lowest BCUT2D eigenvalue weighted by atomic mass is 9.67. The SMILES string of the molecule is Cc1ccc2oc(-c3cc(-c4ccc5c(c4)-c4ccccc4C54c5ccccc5Sc5ccccc54)cc(-c4nc5cc(C)ccc5o4)c3)nc2c1. The lowest BCUT2D eigenvalue weighted by Gasteiger charge is -2.39. The van der Waals surface area contributed by atoms with Gasteiger partial charge in [-0.2, -0.15) is 0 Å². The Morgan fingerprint density at radius 1 is 0.442 bits per heavy atom. The van der Waals surface area contributed by atoms with Gasteiger partial charge in [-0.15, -0.1) is 0 Å². The maximum atomic E-state index is 6.36. The van der Waals surface area contributed by atoms with Crippen LogP contribution in [-0.2, 0) is 5.41 Å². The van der Waals surface area contributed by atoms with Crippen LogP contribution in [0.4, 0.5) is 0 Å². The van der Waals surface area contributed by atoms with E-state index in [1.54, 1.807) is 0 Å². The Bertz CT molecular complexity index is 2790. The van der Waals surface area contributed by atoms with Gasteiger partial charge in [-0.05, 0) is 130 Å². The van der Waals surface area contributed by atoms with Crippen LogP contribution < -0.4 is 0 Å². The zero-order valence-corrected chi connectivity index (χ0v) is 29.3. The van der Waals surface area contributed by atoms with Gasteiger partial charge in [0.05, 0.1) is 5.41 Å². The first-order valence-corrected chi connectivity index (χ1v) is 18.4. The number of nitrogens with zero attached hydrogens (tertiary/aromatic N) is 2. The molecule has 246 valence electrons. The van der Waals surface area contributed by atoms with Crippen LogP contribution in [0.3, 0.4) is 0 Å². The molecule has 4 nitrogen and oxygen atoms in total. The molecular weight excluding hydrogens is 657 g/mol. The van der Waals surface area contributed by atoms with Crippen LogP contribution in [-0.4, -0.2) is 9.97 Å². The molecule has 0 saturated carbocycles. The smallest absolute Gasteiger partial charge is 0.227 e. The lowest BCUT2D eigenvalue weighted by molar-refractivity contribution is 0.617. The molecule has 52 heavy (non-hydrogen) atoms. The molecular formula is C47H30N2O2S. The number of benzene rings is 7. The van der Waals surface area contributed by atoms with Crippen molar-refractivity contribution < 1.29 is 8.83 Å². The average molecular weight is 687 g/mol. The topological polar surface area (TPSA) is 52.1 Å². The predicted molar refractivity (Wildman–Crippen MR) is 209 cm³/mol. The van der Waals surface area contributed by atoms with E-state index in [0.717, 1.165) is 55.6 Å². The highest BCUT2D eigenvalue weighted by Gasteiger charge is 2.50. The van der Waals surface area contributed by atoms with E-state index in [2.05, 4.69) is 147 Å². The predicted octanol–water partition coefficient (Wildman–Crippen LogP) is 12.4. The summed E-state index contributed by atoms with van der Waals surface area (Å²) in [4.78, 5) is 12.5. The molecule has 3 heterocycles. The van der Waals surface area contributed by atoms with Crippen LogP contribution in [0.2, 0.25) is 0 Å². The van der Waals surface area contributed by atoms with Crippen LogP contribution in [0.25, 0.3) is 67.4 Å². The Hall–Kier alpha value is -6.17. The normalized spacial score (nSPS) is 13.7. The number of hydrogen-bond acceptors (Lipinski definition) is 5. The van der Waals surface area contributed by atoms with Gasteiger partial charge in [-0.1, -0.05) is 96.7 Å². The van der Waals surface area contributed by atoms with Gasteiger partial charge in [0, 0.05) is 20.9 Å². The van der Waals surface area contributed by atoms with E-state index in [1.165, 1.54) is 43.2 Å². The van der Waals surface area contributed by atoms with Crippen molar-refractivity contribution >= 4 is 34.0 Å². The fourth-order valence-electron chi connectivity index (χ4n) is 8.40. The summed E-state index contributed by atoms with van der Waals surface area (Å²) in [6, 6.07) is 52.4. The molecule has 9 aromatic rings. The van der Waals surface area contributed by atoms with E-state index in [0.29, 0.717) is 11.8 Å². The number of rotatable bonds is 3. The van der Waals surface area contributed by atoms with Crippen LogP contribution in [0, 0.1) is 13.8 Å². The summed E-state index contributed by atoms with van der Waals surface area (Å²) in [5, 5.41) is 0. The minimum atomic E-state index is -0.414. The second-order valence-corrected chi connectivity index (χ2v) is 15.0. The first kappa shape index (κ1) is 29.5. The minimum absolute atomic E-state index is 0.414. The molecule has 0 fully saturated rings. The third kappa shape index (κ3) is 4.23. The van der Waals surface area contributed by atoms with Gasteiger partial charge in [0.2, 0.25) is 11.8 Å². The Morgan fingerprint density at radius 3 is 1.58 bits per heavy atom. The highest BCUT2D eigenvalue weighted by atomic mass is 32.2. The van der Waals surface area contributed by atoms with E-state index in [9.17, 15) is 0 Å². The molecule has 0 saturated heterocycles. The highest BCUT2D eigenvalue weighted by Crippen LogP contribution is 2.62. The number of oxazole rings is 2. The molecule has 0 radical (unpaired) electrons. The quantitative estimate of drug-likeness (QED) is 0.185. The number of aryl methyl sites for hydroxylation is 2. The maximum absolute atomic E-state index is 6.36. The van der Waals surface area contributed by atoms with Crippen LogP contribution >= 0.6 is 11.8 Å². The first-order valence-electron chi connectivity index (χ1n) is 17.5. The fourth-order valence-corrected chi connectivity index (χ4v) is 9.59. The van der Waals surface area contributed by atoms with Crippen molar-refractivity contribution in [3.63, 3.8) is 0 Å². The minimum Gasteiger partial charge on any atom is -0.436 e. The van der Waals surface area contributed by atoms with E-state index in [-0.39, 0.29) is 0 Å². The first-order chi connectivity index (χ1) is 25.5. The van der Waals surface area contributed by atoms with Crippen molar-refractivity contribution in [2.75, 3.05) is 0 Å². The van der Waals surface area contributed by atoms with Crippen molar-refractivity contribution in [1.29, 1.82) is 0 Å². The number of aromatic nitrogens is 2. The van der Waals surface area contributed by atoms with E-state index in [4.69, 9.17) is 18.8 Å². The third-order valence-electron chi connectivity index (χ3n) is 10.7. The van der Waals surface area contributed by atoms with Gasteiger partial charge in [-0.3, -0.25) is 0 Å². The molecule has 0 atom stereocenters. The van der Waals surface area contributed by atoms with Crippen LogP contribution in [0.5, 0.6) is 0 Å². The Morgan fingerprint density at radius 2 is 0.962 bits per heavy atom. The maximum Gasteiger partial charge on any atom is 0.227 e. The molecule has 0 bridgehead atoms. The summed E-state index contributed by atoms with van der Waals surface area (Å²) >= 11 is 1.87. The zero-order valence-electron chi connectivity index (χ0n) is 28.5. The van der Waals surface area contributed by atoms with Gasteiger partial charge in [0.1, 0.15) is 11.0 Å². The second-order valence-electron chi connectivity index (χ2n) is 13.9. The highest BCUT2D eigenvalue weighted by molar-refractivity contribution is 7.99. The molecule has 2 aliphatic rings. The molecule has 1 aliphatic carbocycles. The standard InChI is InChI=1S/C47H30N2O2S/c1-27-15-19-41-39(21-27)48-45(50-41)31-23-30(24-32(25-31)46-49-40-22-28(2)16-20-42(40)51-46)29-17-18-36-34(26-29)33-9-3-4-10-35(33)47(36)37-11-5-7-13-43(37)52-44-14-8-6-12-38(44)47/h3-26H,1-2H3. The molecule has 1 spiro atoms. The van der Waals surface area contributed by atoms with Crippen molar-refractivity contribution in [2.45, 2.75) is 29.1 Å². The van der Waals surface area contributed by atoms with Gasteiger partial charge in [0.25, 0.3) is 0 Å². The number of fused-ring (bicyclic) bond motifs is 11. The zero-order chi connectivity index (χ0) is 34.6. The summed E-state index contributed by atoms with van der Waals surface area (Å²) in [5.41, 5.74) is 16.7.